The average Bonchev–Trinajstić information content (AvgIpc) is 1.69. The van der Waals surface area contributed by atoms with Gasteiger partial charge >= 0.3 is 0 Å². The first-order valence-electron chi connectivity index (χ1n) is 2.69. The quantitative estimate of drug-likeness (QED) is 0.450. The number of hydrogen-bond acceptors (Lipinski definition) is 1. The zero-order valence-corrected chi connectivity index (χ0v) is 4.42. The summed E-state index contributed by atoms with van der Waals surface area (Å²) in [5.41, 5.74) is 0. The highest BCUT2D eigenvalue weighted by molar-refractivity contribution is 8.02. The van der Waals surface area contributed by atoms with Crippen LogP contribution in [0.1, 0.15) is 14.2 Å². The maximum absolute atomic E-state index is 7.10. The fourth-order valence-electron chi connectivity index (χ4n) is 0.434. The number of thioether (sulfide) groups is 1. The fourth-order valence-corrected chi connectivity index (χ4v) is 1.10. The summed E-state index contributed by atoms with van der Waals surface area (Å²) in [5.74, 6) is 1.15. The lowest BCUT2D eigenvalue weighted by molar-refractivity contribution is 0.966. The van der Waals surface area contributed by atoms with E-state index in [1.807, 2.05) is 6.08 Å². The van der Waals surface area contributed by atoms with Crippen LogP contribution in [0.25, 0.3) is 0 Å². The van der Waals surface area contributed by atoms with Crippen LogP contribution in [0.4, 0.5) is 0 Å². The Morgan fingerprint density at radius 1 is 1.83 bits per heavy atom. The number of allylic oxidation sites excluding steroid dienone is 1. The molecule has 34 valence electrons. The molecule has 0 fully saturated rings. The molecular weight excluding hydrogens is 92.1 g/mol. The van der Waals surface area contributed by atoms with E-state index in [1.165, 1.54) is 6.42 Å². The lowest BCUT2D eigenvalue weighted by Crippen LogP contribution is -1.78. The molecule has 0 aromatic rings. The van der Waals surface area contributed by atoms with Crippen molar-refractivity contribution < 1.29 is 1.37 Å². The van der Waals surface area contributed by atoms with E-state index < -0.39 is 0 Å². The summed E-state index contributed by atoms with van der Waals surface area (Å²) in [5, 5.41) is 0.756. The lowest BCUT2D eigenvalue weighted by Gasteiger charge is -1.97. The Kier molecular flexibility index (Phi) is 1.20. The van der Waals surface area contributed by atoms with Gasteiger partial charge < -0.3 is 0 Å². The van der Waals surface area contributed by atoms with E-state index in [0.29, 0.717) is 0 Å². The molecule has 0 unspecified atom stereocenters. The van der Waals surface area contributed by atoms with Gasteiger partial charge in [-0.2, -0.15) is 0 Å². The van der Waals surface area contributed by atoms with Crippen LogP contribution in [0.2, 0.25) is 0 Å². The normalized spacial score (nSPS) is 25.3. The van der Waals surface area contributed by atoms with Gasteiger partial charge in [-0.15, -0.1) is 11.8 Å². The maximum Gasteiger partial charge on any atom is 0.0694 e. The number of hydrogen-bond donors (Lipinski definition) is 0. The fraction of sp³-hybridized carbons (Fsp3) is 0.600. The Hall–Kier alpha value is 0.0900. The summed E-state index contributed by atoms with van der Waals surface area (Å²) in [6, 6.07) is 0. The van der Waals surface area contributed by atoms with Gasteiger partial charge in [0, 0.05) is 0 Å². The minimum absolute atomic E-state index is 0.756. The molecule has 0 bridgehead atoms. The first-order valence-corrected chi connectivity index (χ1v) is 3.18. The summed E-state index contributed by atoms with van der Waals surface area (Å²) in [4.78, 5) is 0. The van der Waals surface area contributed by atoms with Gasteiger partial charge in [-0.3, -0.25) is 0 Å². The minimum Gasteiger partial charge on any atom is -0.134 e. The Morgan fingerprint density at radius 2 is 2.83 bits per heavy atom. The summed E-state index contributed by atoms with van der Waals surface area (Å²) < 4.78 is 7.10. The van der Waals surface area contributed by atoms with Gasteiger partial charge in [0.05, 0.1) is 1.37 Å². The van der Waals surface area contributed by atoms with Gasteiger partial charge in [-0.25, -0.2) is 0 Å². The Labute approximate surface area is 44.0 Å². The second-order valence-corrected chi connectivity index (χ2v) is 2.25. The molecule has 1 aliphatic heterocycles. The maximum atomic E-state index is 7.10. The molecule has 1 aliphatic rings. The highest BCUT2D eigenvalue weighted by atomic mass is 32.2. The van der Waals surface area contributed by atoms with Gasteiger partial charge in [0.1, 0.15) is 0 Å². The van der Waals surface area contributed by atoms with Crippen LogP contribution in [0.3, 0.4) is 0 Å². The molecule has 0 saturated carbocycles. The monoisotopic (exact) mass is 101 g/mol. The van der Waals surface area contributed by atoms with Crippen LogP contribution in [0.5, 0.6) is 0 Å². The van der Waals surface area contributed by atoms with E-state index in [1.54, 1.807) is 11.8 Å². The molecule has 0 radical (unpaired) electrons. The smallest absolute Gasteiger partial charge is 0.0694 e. The van der Waals surface area contributed by atoms with Gasteiger partial charge in [0.15, 0.2) is 0 Å². The predicted molar refractivity (Wildman–Crippen MR) is 30.8 cm³/mol. The van der Waals surface area contributed by atoms with E-state index in [0.717, 1.165) is 17.6 Å². The predicted octanol–water partition coefficient (Wildman–Crippen LogP) is 2.03. The van der Waals surface area contributed by atoms with Crippen LogP contribution in [-0.2, 0) is 0 Å². The molecule has 0 N–H and O–H groups in total. The molecule has 0 saturated heterocycles. The first-order chi connectivity index (χ1) is 3.39. The molecule has 1 heteroatoms. The molecule has 0 aromatic carbocycles. The SMILES string of the molecule is [2H]C1=CCCCS1. The van der Waals surface area contributed by atoms with E-state index >= 15 is 0 Å². The van der Waals surface area contributed by atoms with Crippen LogP contribution in [0.15, 0.2) is 11.5 Å². The van der Waals surface area contributed by atoms with Crippen LogP contribution >= 0.6 is 11.8 Å². The van der Waals surface area contributed by atoms with Gasteiger partial charge in [0.2, 0.25) is 0 Å². The molecule has 0 amide bonds. The standard InChI is InChI=1S/C5H8S/c1-2-4-6-5-3-1/h2,4H,1,3,5H2/i4D. The summed E-state index contributed by atoms with van der Waals surface area (Å²) in [6.45, 7) is 0. The van der Waals surface area contributed by atoms with Crippen LogP contribution < -0.4 is 0 Å². The third-order valence-corrected chi connectivity index (χ3v) is 1.59. The Balaban J connectivity index is 2.40. The highest BCUT2D eigenvalue weighted by Crippen LogP contribution is 2.12. The molecule has 0 aliphatic carbocycles. The third-order valence-electron chi connectivity index (χ3n) is 0.762. The van der Waals surface area contributed by atoms with Crippen LogP contribution in [0, 0.1) is 0 Å². The molecule has 0 nitrogen and oxygen atoms in total. The minimum atomic E-state index is 0.756. The third kappa shape index (κ3) is 1.05. The van der Waals surface area contributed by atoms with Crippen molar-refractivity contribution in [1.29, 1.82) is 0 Å². The van der Waals surface area contributed by atoms with Crippen molar-refractivity contribution in [2.75, 3.05) is 5.75 Å². The zero-order valence-electron chi connectivity index (χ0n) is 4.61. The van der Waals surface area contributed by atoms with Gasteiger partial charge in [-0.1, -0.05) is 6.08 Å². The van der Waals surface area contributed by atoms with E-state index in [-0.39, 0.29) is 0 Å². The summed E-state index contributed by atoms with van der Waals surface area (Å²) in [7, 11) is 0. The Bertz CT molecular complexity index is 88.1. The Morgan fingerprint density at radius 3 is 3.17 bits per heavy atom. The number of rotatable bonds is 0. The van der Waals surface area contributed by atoms with Crippen molar-refractivity contribution in [2.24, 2.45) is 0 Å². The zero-order chi connectivity index (χ0) is 5.11. The molecule has 0 spiro atoms. The van der Waals surface area contributed by atoms with Crippen molar-refractivity contribution in [3.05, 3.63) is 11.5 Å². The highest BCUT2D eigenvalue weighted by Gasteiger charge is 1.87. The summed E-state index contributed by atoms with van der Waals surface area (Å²) >= 11 is 1.65. The van der Waals surface area contributed by atoms with Crippen molar-refractivity contribution in [3.8, 4) is 0 Å². The first kappa shape index (κ1) is 3.14. The summed E-state index contributed by atoms with van der Waals surface area (Å²) in [6.07, 6.45) is 4.35. The largest absolute Gasteiger partial charge is 0.134 e. The van der Waals surface area contributed by atoms with Crippen molar-refractivity contribution in [1.82, 2.24) is 0 Å². The van der Waals surface area contributed by atoms with E-state index in [4.69, 9.17) is 1.37 Å². The molecule has 6 heavy (non-hydrogen) atoms. The lowest BCUT2D eigenvalue weighted by atomic mass is 10.3. The molecule has 1 rings (SSSR count). The van der Waals surface area contributed by atoms with Gasteiger partial charge in [0.25, 0.3) is 0 Å². The van der Waals surface area contributed by atoms with Crippen molar-refractivity contribution in [2.45, 2.75) is 12.8 Å². The molecular formula is C5H8S. The molecule has 0 aromatic heterocycles. The average molecular weight is 101 g/mol. The molecule has 0 atom stereocenters. The second kappa shape index (κ2) is 2.30. The van der Waals surface area contributed by atoms with E-state index in [2.05, 4.69) is 0 Å². The topological polar surface area (TPSA) is 0 Å². The van der Waals surface area contributed by atoms with Crippen LogP contribution in [-0.4, -0.2) is 5.75 Å². The van der Waals surface area contributed by atoms with Gasteiger partial charge in [-0.05, 0) is 24.0 Å². The van der Waals surface area contributed by atoms with Crippen molar-refractivity contribution in [3.63, 3.8) is 0 Å². The second-order valence-electron chi connectivity index (χ2n) is 1.31. The molecule has 1 heterocycles. The van der Waals surface area contributed by atoms with E-state index in [9.17, 15) is 0 Å². The van der Waals surface area contributed by atoms with Crippen molar-refractivity contribution >= 4 is 11.8 Å².